The molecular weight excluding hydrogens is 210 g/mol. The van der Waals surface area contributed by atoms with Gasteiger partial charge in [-0.15, -0.1) is 0 Å². The van der Waals surface area contributed by atoms with Crippen molar-refractivity contribution in [3.63, 3.8) is 0 Å². The van der Waals surface area contributed by atoms with Crippen LogP contribution in [-0.2, 0) is 6.42 Å². The minimum Gasteiger partial charge on any atom is -0.388 e. The molecule has 0 bridgehead atoms. The van der Waals surface area contributed by atoms with Gasteiger partial charge in [-0.3, -0.25) is 0 Å². The lowest BCUT2D eigenvalue weighted by molar-refractivity contribution is 0.0620. The maximum atomic E-state index is 10.2. The van der Waals surface area contributed by atoms with Crippen molar-refractivity contribution in [2.75, 3.05) is 18.0 Å². The van der Waals surface area contributed by atoms with Gasteiger partial charge in [0.2, 0.25) is 0 Å². The van der Waals surface area contributed by atoms with Crippen molar-refractivity contribution < 1.29 is 5.11 Å². The highest BCUT2D eigenvalue weighted by atomic mass is 16.3. The molecule has 2 heteroatoms. The Hall–Kier alpha value is -1.02. The molecule has 1 heterocycles. The molecule has 1 aromatic carbocycles. The number of rotatable bonds is 3. The van der Waals surface area contributed by atoms with Crippen molar-refractivity contribution in [2.24, 2.45) is 5.92 Å². The molecule has 0 aromatic heterocycles. The predicted octanol–water partition coefficient (Wildman–Crippen LogP) is 2.85. The first-order valence-electron chi connectivity index (χ1n) is 6.57. The standard InChI is InChI=1S/C15H23NO/c1-4-15(3,17)11-16-10-12(2)9-13-7-5-6-8-14(13)16/h5-8,12,17H,4,9-11H2,1-3H3. The van der Waals surface area contributed by atoms with E-state index < -0.39 is 5.60 Å². The molecule has 0 aliphatic carbocycles. The van der Waals surface area contributed by atoms with E-state index in [-0.39, 0.29) is 0 Å². The van der Waals surface area contributed by atoms with Crippen molar-refractivity contribution in [3.8, 4) is 0 Å². The lowest BCUT2D eigenvalue weighted by Crippen LogP contribution is -2.44. The highest BCUT2D eigenvalue weighted by Gasteiger charge is 2.27. The summed E-state index contributed by atoms with van der Waals surface area (Å²) in [7, 11) is 0. The van der Waals surface area contributed by atoms with Crippen LogP contribution in [0.15, 0.2) is 24.3 Å². The third-order valence-electron chi connectivity index (χ3n) is 3.73. The molecular formula is C15H23NO. The number of aliphatic hydroxyl groups is 1. The summed E-state index contributed by atoms with van der Waals surface area (Å²) in [5.74, 6) is 0.664. The number of fused-ring (bicyclic) bond motifs is 1. The van der Waals surface area contributed by atoms with Gasteiger partial charge in [-0.25, -0.2) is 0 Å². The van der Waals surface area contributed by atoms with E-state index in [1.165, 1.54) is 11.3 Å². The molecule has 0 saturated carbocycles. The number of hydrogen-bond donors (Lipinski definition) is 1. The highest BCUT2D eigenvalue weighted by Crippen LogP contribution is 2.30. The summed E-state index contributed by atoms with van der Waals surface area (Å²) in [6.07, 6.45) is 1.95. The Morgan fingerprint density at radius 1 is 1.41 bits per heavy atom. The van der Waals surface area contributed by atoms with E-state index in [2.05, 4.69) is 36.1 Å². The molecule has 2 rings (SSSR count). The van der Waals surface area contributed by atoms with E-state index >= 15 is 0 Å². The number of para-hydroxylation sites is 1. The van der Waals surface area contributed by atoms with Crippen LogP contribution < -0.4 is 4.90 Å². The molecule has 2 unspecified atom stereocenters. The minimum absolute atomic E-state index is 0.593. The topological polar surface area (TPSA) is 23.5 Å². The molecule has 1 N–H and O–H groups in total. The quantitative estimate of drug-likeness (QED) is 0.867. The summed E-state index contributed by atoms with van der Waals surface area (Å²) in [6.45, 7) is 8.02. The smallest absolute Gasteiger partial charge is 0.0791 e. The van der Waals surface area contributed by atoms with Gasteiger partial charge in [-0.1, -0.05) is 32.0 Å². The first kappa shape index (κ1) is 12.4. The lowest BCUT2D eigenvalue weighted by Gasteiger charge is -2.39. The first-order valence-corrected chi connectivity index (χ1v) is 6.57. The maximum Gasteiger partial charge on any atom is 0.0791 e. The van der Waals surface area contributed by atoms with Crippen LogP contribution in [0.5, 0.6) is 0 Å². The van der Waals surface area contributed by atoms with Crippen LogP contribution in [0.2, 0.25) is 0 Å². The summed E-state index contributed by atoms with van der Waals surface area (Å²) in [6, 6.07) is 8.57. The van der Waals surface area contributed by atoms with Crippen LogP contribution in [0.25, 0.3) is 0 Å². The molecule has 0 amide bonds. The van der Waals surface area contributed by atoms with E-state index in [9.17, 15) is 5.11 Å². The first-order chi connectivity index (χ1) is 8.02. The van der Waals surface area contributed by atoms with E-state index in [0.717, 1.165) is 25.9 Å². The molecule has 1 aromatic rings. The summed E-state index contributed by atoms with van der Waals surface area (Å²) in [5.41, 5.74) is 2.13. The van der Waals surface area contributed by atoms with E-state index in [0.29, 0.717) is 5.92 Å². The van der Waals surface area contributed by atoms with E-state index in [1.807, 2.05) is 13.8 Å². The van der Waals surface area contributed by atoms with Gasteiger partial charge >= 0.3 is 0 Å². The summed E-state index contributed by atoms with van der Waals surface area (Å²) < 4.78 is 0. The summed E-state index contributed by atoms with van der Waals surface area (Å²) >= 11 is 0. The third kappa shape index (κ3) is 2.81. The zero-order chi connectivity index (χ0) is 12.5. The Kier molecular flexibility index (Phi) is 3.43. The van der Waals surface area contributed by atoms with Crippen LogP contribution in [0, 0.1) is 5.92 Å². The molecule has 94 valence electrons. The predicted molar refractivity (Wildman–Crippen MR) is 72.4 cm³/mol. The largest absolute Gasteiger partial charge is 0.388 e. The number of nitrogens with zero attached hydrogens (tertiary/aromatic N) is 1. The maximum absolute atomic E-state index is 10.2. The van der Waals surface area contributed by atoms with Gasteiger partial charge in [0.05, 0.1) is 5.60 Å². The monoisotopic (exact) mass is 233 g/mol. The molecule has 1 aliphatic rings. The summed E-state index contributed by atoms with van der Waals surface area (Å²) in [4.78, 5) is 2.34. The normalized spacial score (nSPS) is 23.1. The third-order valence-corrected chi connectivity index (χ3v) is 3.73. The van der Waals surface area contributed by atoms with Crippen molar-refractivity contribution in [3.05, 3.63) is 29.8 Å². The van der Waals surface area contributed by atoms with Gasteiger partial charge in [0.1, 0.15) is 0 Å². The Morgan fingerprint density at radius 3 is 2.82 bits per heavy atom. The average molecular weight is 233 g/mol. The van der Waals surface area contributed by atoms with Gasteiger partial charge in [0, 0.05) is 18.8 Å². The molecule has 0 radical (unpaired) electrons. The van der Waals surface area contributed by atoms with Gasteiger partial charge in [-0.2, -0.15) is 0 Å². The van der Waals surface area contributed by atoms with Crippen molar-refractivity contribution >= 4 is 5.69 Å². The molecule has 1 aliphatic heterocycles. The Balaban J connectivity index is 2.24. The van der Waals surface area contributed by atoms with Crippen LogP contribution in [-0.4, -0.2) is 23.8 Å². The van der Waals surface area contributed by atoms with Crippen molar-refractivity contribution in [1.82, 2.24) is 0 Å². The minimum atomic E-state index is -0.593. The van der Waals surface area contributed by atoms with E-state index in [4.69, 9.17) is 0 Å². The van der Waals surface area contributed by atoms with Crippen LogP contribution in [0.1, 0.15) is 32.8 Å². The van der Waals surface area contributed by atoms with Gasteiger partial charge in [-0.05, 0) is 37.3 Å². The van der Waals surface area contributed by atoms with Gasteiger partial charge < -0.3 is 10.0 Å². The fourth-order valence-electron chi connectivity index (χ4n) is 2.58. The Morgan fingerprint density at radius 2 is 2.12 bits per heavy atom. The molecule has 0 saturated heterocycles. The van der Waals surface area contributed by atoms with Crippen molar-refractivity contribution in [2.45, 2.75) is 39.2 Å². The number of benzene rings is 1. The molecule has 17 heavy (non-hydrogen) atoms. The second kappa shape index (κ2) is 4.69. The zero-order valence-electron chi connectivity index (χ0n) is 11.1. The molecule has 0 fully saturated rings. The second-order valence-corrected chi connectivity index (χ2v) is 5.67. The van der Waals surface area contributed by atoms with Gasteiger partial charge in [0.15, 0.2) is 0 Å². The lowest BCUT2D eigenvalue weighted by atomic mass is 9.92. The van der Waals surface area contributed by atoms with Gasteiger partial charge in [0.25, 0.3) is 0 Å². The second-order valence-electron chi connectivity index (χ2n) is 5.67. The number of hydrogen-bond acceptors (Lipinski definition) is 2. The SMILES string of the molecule is CCC(C)(O)CN1CC(C)Cc2ccccc21. The van der Waals surface area contributed by atoms with Crippen LogP contribution in [0.4, 0.5) is 5.69 Å². The highest BCUT2D eigenvalue weighted by molar-refractivity contribution is 5.56. The fraction of sp³-hybridized carbons (Fsp3) is 0.600. The Labute approximate surface area is 104 Å². The number of β-amino-alcohol motifs (C(OH)–C–C–N with tert-alkyl or cyclic N) is 1. The molecule has 2 nitrogen and oxygen atoms in total. The zero-order valence-corrected chi connectivity index (χ0v) is 11.1. The summed E-state index contributed by atoms with van der Waals surface area (Å²) in [5, 5.41) is 10.2. The Bertz CT molecular complexity index is 386. The number of anilines is 1. The van der Waals surface area contributed by atoms with E-state index in [1.54, 1.807) is 0 Å². The van der Waals surface area contributed by atoms with Crippen LogP contribution >= 0.6 is 0 Å². The molecule has 2 atom stereocenters. The molecule has 0 spiro atoms. The van der Waals surface area contributed by atoms with Crippen LogP contribution in [0.3, 0.4) is 0 Å². The fourth-order valence-corrected chi connectivity index (χ4v) is 2.58. The van der Waals surface area contributed by atoms with Crippen molar-refractivity contribution in [1.29, 1.82) is 0 Å². The average Bonchev–Trinajstić information content (AvgIpc) is 2.28.